The fraction of sp³-hybridized carbons (Fsp3) is 0.400. The van der Waals surface area contributed by atoms with Crippen LogP contribution in [-0.2, 0) is 6.54 Å². The van der Waals surface area contributed by atoms with Crippen LogP contribution in [0.5, 0.6) is 0 Å². The van der Waals surface area contributed by atoms with E-state index in [4.69, 9.17) is 5.73 Å². The van der Waals surface area contributed by atoms with Crippen LogP contribution in [0.25, 0.3) is 0 Å². The summed E-state index contributed by atoms with van der Waals surface area (Å²) in [7, 11) is 0. The number of anilines is 3. The molecule has 1 aromatic carbocycles. The van der Waals surface area contributed by atoms with Crippen molar-refractivity contribution in [1.29, 1.82) is 0 Å². The SMILES string of the molecule is CCN(c1cccc(C)c1)c1c(N)c(C)nn1CC. The van der Waals surface area contributed by atoms with E-state index in [1.54, 1.807) is 0 Å². The van der Waals surface area contributed by atoms with Crippen LogP contribution in [0.2, 0.25) is 0 Å². The summed E-state index contributed by atoms with van der Waals surface area (Å²) in [6.07, 6.45) is 0. The summed E-state index contributed by atoms with van der Waals surface area (Å²) < 4.78 is 1.97. The van der Waals surface area contributed by atoms with Gasteiger partial charge >= 0.3 is 0 Å². The van der Waals surface area contributed by atoms with E-state index >= 15 is 0 Å². The number of hydrogen-bond acceptors (Lipinski definition) is 3. The van der Waals surface area contributed by atoms with Gasteiger partial charge in [0.05, 0.1) is 11.4 Å². The molecule has 102 valence electrons. The average molecular weight is 258 g/mol. The normalized spacial score (nSPS) is 10.7. The maximum absolute atomic E-state index is 6.21. The van der Waals surface area contributed by atoms with E-state index in [2.05, 4.69) is 55.0 Å². The molecular formula is C15H22N4. The molecule has 0 aliphatic rings. The van der Waals surface area contributed by atoms with Gasteiger partial charge in [0.15, 0.2) is 5.82 Å². The summed E-state index contributed by atoms with van der Waals surface area (Å²) in [5.74, 6) is 0.994. The summed E-state index contributed by atoms with van der Waals surface area (Å²) in [5.41, 5.74) is 10.3. The van der Waals surface area contributed by atoms with Gasteiger partial charge in [-0.25, -0.2) is 4.68 Å². The average Bonchev–Trinajstić information content (AvgIpc) is 2.68. The first-order valence-corrected chi connectivity index (χ1v) is 6.75. The third-order valence-corrected chi connectivity index (χ3v) is 3.33. The van der Waals surface area contributed by atoms with Crippen molar-refractivity contribution in [3.8, 4) is 0 Å². The predicted octanol–water partition coefficient (Wildman–Crippen LogP) is 3.26. The van der Waals surface area contributed by atoms with E-state index in [0.717, 1.165) is 36.0 Å². The molecule has 0 aliphatic heterocycles. The number of nitrogens with two attached hydrogens (primary N) is 1. The highest BCUT2D eigenvalue weighted by atomic mass is 15.4. The van der Waals surface area contributed by atoms with Crippen LogP contribution in [0, 0.1) is 13.8 Å². The van der Waals surface area contributed by atoms with Crippen LogP contribution in [0.15, 0.2) is 24.3 Å². The van der Waals surface area contributed by atoms with Crippen molar-refractivity contribution in [2.24, 2.45) is 0 Å². The van der Waals surface area contributed by atoms with Crippen LogP contribution in [0.1, 0.15) is 25.1 Å². The van der Waals surface area contributed by atoms with Crippen molar-refractivity contribution in [1.82, 2.24) is 9.78 Å². The lowest BCUT2D eigenvalue weighted by Gasteiger charge is -2.24. The molecule has 0 saturated carbocycles. The van der Waals surface area contributed by atoms with Gasteiger partial charge in [0, 0.05) is 18.8 Å². The Morgan fingerprint density at radius 1 is 1.26 bits per heavy atom. The summed E-state index contributed by atoms with van der Waals surface area (Å²) in [4.78, 5) is 2.21. The van der Waals surface area contributed by atoms with Gasteiger partial charge in [-0.05, 0) is 45.4 Å². The largest absolute Gasteiger partial charge is 0.394 e. The first kappa shape index (κ1) is 13.5. The van der Waals surface area contributed by atoms with Gasteiger partial charge in [0.25, 0.3) is 0 Å². The molecule has 1 aromatic heterocycles. The van der Waals surface area contributed by atoms with Gasteiger partial charge in [-0.15, -0.1) is 0 Å². The minimum atomic E-state index is 0.769. The predicted molar refractivity (Wildman–Crippen MR) is 80.9 cm³/mol. The molecule has 0 bridgehead atoms. The van der Waals surface area contributed by atoms with Crippen LogP contribution >= 0.6 is 0 Å². The van der Waals surface area contributed by atoms with Crippen LogP contribution in [0.4, 0.5) is 17.2 Å². The monoisotopic (exact) mass is 258 g/mol. The molecule has 0 spiro atoms. The minimum Gasteiger partial charge on any atom is -0.394 e. The fourth-order valence-corrected chi connectivity index (χ4v) is 2.34. The van der Waals surface area contributed by atoms with E-state index in [1.807, 2.05) is 11.6 Å². The zero-order valence-corrected chi connectivity index (χ0v) is 12.1. The third-order valence-electron chi connectivity index (χ3n) is 3.33. The van der Waals surface area contributed by atoms with E-state index in [1.165, 1.54) is 5.56 Å². The topological polar surface area (TPSA) is 47.1 Å². The molecule has 0 radical (unpaired) electrons. The van der Waals surface area contributed by atoms with Gasteiger partial charge in [-0.3, -0.25) is 0 Å². The molecule has 0 saturated heterocycles. The minimum absolute atomic E-state index is 0.769. The molecule has 2 N–H and O–H groups in total. The molecule has 19 heavy (non-hydrogen) atoms. The van der Waals surface area contributed by atoms with Gasteiger partial charge in [0.2, 0.25) is 0 Å². The van der Waals surface area contributed by atoms with Gasteiger partial charge in [-0.2, -0.15) is 5.10 Å². The lowest BCUT2D eigenvalue weighted by Crippen LogP contribution is -2.21. The zero-order chi connectivity index (χ0) is 14.0. The van der Waals surface area contributed by atoms with E-state index < -0.39 is 0 Å². The third kappa shape index (κ3) is 2.43. The van der Waals surface area contributed by atoms with Crippen LogP contribution < -0.4 is 10.6 Å². The van der Waals surface area contributed by atoms with Crippen molar-refractivity contribution >= 4 is 17.2 Å². The molecule has 1 heterocycles. The maximum Gasteiger partial charge on any atom is 0.155 e. The Morgan fingerprint density at radius 2 is 2.00 bits per heavy atom. The van der Waals surface area contributed by atoms with Gasteiger partial charge in [-0.1, -0.05) is 12.1 Å². The zero-order valence-electron chi connectivity index (χ0n) is 12.1. The lowest BCUT2D eigenvalue weighted by atomic mass is 10.2. The fourth-order valence-electron chi connectivity index (χ4n) is 2.34. The van der Waals surface area contributed by atoms with Gasteiger partial charge in [0.1, 0.15) is 0 Å². The molecule has 2 rings (SSSR count). The van der Waals surface area contributed by atoms with E-state index in [0.29, 0.717) is 0 Å². The molecular weight excluding hydrogens is 236 g/mol. The molecule has 0 fully saturated rings. The second kappa shape index (κ2) is 5.34. The number of aryl methyl sites for hydroxylation is 3. The molecule has 0 atom stereocenters. The Labute approximate surface area is 114 Å². The molecule has 2 aromatic rings. The Bertz CT molecular complexity index is 572. The van der Waals surface area contributed by atoms with Crippen LogP contribution in [-0.4, -0.2) is 16.3 Å². The van der Waals surface area contributed by atoms with Crippen molar-refractivity contribution < 1.29 is 0 Å². The number of nitrogen functional groups attached to an aromatic ring is 1. The first-order valence-electron chi connectivity index (χ1n) is 6.75. The highest BCUT2D eigenvalue weighted by molar-refractivity contribution is 5.73. The standard InChI is InChI=1S/C15H22N4/c1-5-18(13-9-7-8-11(3)10-13)15-14(16)12(4)17-19(15)6-2/h7-10H,5-6,16H2,1-4H3. The Morgan fingerprint density at radius 3 is 2.58 bits per heavy atom. The maximum atomic E-state index is 6.21. The van der Waals surface area contributed by atoms with Crippen molar-refractivity contribution in [3.05, 3.63) is 35.5 Å². The Balaban J connectivity index is 2.54. The summed E-state index contributed by atoms with van der Waals surface area (Å²) in [6, 6.07) is 8.45. The smallest absolute Gasteiger partial charge is 0.155 e. The highest BCUT2D eigenvalue weighted by Crippen LogP contribution is 2.32. The summed E-state index contributed by atoms with van der Waals surface area (Å²) >= 11 is 0. The quantitative estimate of drug-likeness (QED) is 0.915. The molecule has 4 nitrogen and oxygen atoms in total. The summed E-state index contributed by atoms with van der Waals surface area (Å²) in [5, 5.41) is 4.50. The number of rotatable bonds is 4. The van der Waals surface area contributed by atoms with Crippen molar-refractivity contribution in [2.45, 2.75) is 34.2 Å². The van der Waals surface area contributed by atoms with E-state index in [9.17, 15) is 0 Å². The number of benzene rings is 1. The number of hydrogen-bond donors (Lipinski definition) is 1. The Kier molecular flexibility index (Phi) is 3.79. The van der Waals surface area contributed by atoms with Crippen molar-refractivity contribution in [3.63, 3.8) is 0 Å². The molecule has 0 unspecified atom stereocenters. The Hall–Kier alpha value is -1.97. The molecule has 0 aliphatic carbocycles. The van der Waals surface area contributed by atoms with Gasteiger partial charge < -0.3 is 10.6 Å². The lowest BCUT2D eigenvalue weighted by molar-refractivity contribution is 0.648. The highest BCUT2D eigenvalue weighted by Gasteiger charge is 2.18. The number of aromatic nitrogens is 2. The first-order chi connectivity index (χ1) is 9.08. The number of nitrogens with zero attached hydrogens (tertiary/aromatic N) is 3. The summed E-state index contributed by atoms with van der Waals surface area (Å²) in [6.45, 7) is 9.94. The van der Waals surface area contributed by atoms with E-state index in [-0.39, 0.29) is 0 Å². The van der Waals surface area contributed by atoms with Crippen LogP contribution in [0.3, 0.4) is 0 Å². The molecule has 0 amide bonds. The molecule has 4 heteroatoms. The van der Waals surface area contributed by atoms with Crippen molar-refractivity contribution in [2.75, 3.05) is 17.2 Å². The second-order valence-corrected chi connectivity index (χ2v) is 4.72. The second-order valence-electron chi connectivity index (χ2n) is 4.72.